The Balaban J connectivity index is 2.46. The Bertz CT molecular complexity index is 619. The first-order valence-corrected chi connectivity index (χ1v) is 7.59. The molecule has 0 aliphatic carbocycles. The van der Waals surface area contributed by atoms with Gasteiger partial charge in [0.2, 0.25) is 0 Å². The molecule has 0 saturated carbocycles. The van der Waals surface area contributed by atoms with Crippen molar-refractivity contribution < 1.29 is 4.39 Å². The highest BCUT2D eigenvalue weighted by molar-refractivity contribution is 5.40. The summed E-state index contributed by atoms with van der Waals surface area (Å²) >= 11 is 0. The molecule has 0 amide bonds. The molecular weight excluding hydrogens is 261 g/mol. The van der Waals surface area contributed by atoms with Gasteiger partial charge >= 0.3 is 0 Å². The number of halogens is 1. The van der Waals surface area contributed by atoms with Crippen LogP contribution in [0.4, 0.5) is 4.39 Å². The molecule has 0 aromatic heterocycles. The number of nitrogens with one attached hydrogen (secondary N) is 1. The minimum absolute atomic E-state index is 0.115. The van der Waals surface area contributed by atoms with Crippen LogP contribution in [-0.4, -0.2) is 6.54 Å². The standard InChI is InChI=1S/C19H24FN/c1-5-10-21-19(16-8-9-18(20)15(4)12-16)17-11-13(2)6-7-14(17)3/h6-9,11-12,19,21H,5,10H2,1-4H3. The number of hydrogen-bond donors (Lipinski definition) is 1. The number of rotatable bonds is 5. The van der Waals surface area contributed by atoms with Crippen LogP contribution in [0.25, 0.3) is 0 Å². The fourth-order valence-corrected chi connectivity index (χ4v) is 2.61. The molecule has 0 heterocycles. The lowest BCUT2D eigenvalue weighted by atomic mass is 9.92. The normalized spacial score (nSPS) is 12.4. The SMILES string of the molecule is CCCNC(c1ccc(F)c(C)c1)c1cc(C)ccc1C. The van der Waals surface area contributed by atoms with Crippen LogP contribution in [0.3, 0.4) is 0 Å². The lowest BCUT2D eigenvalue weighted by Crippen LogP contribution is -2.24. The Kier molecular flexibility index (Phi) is 5.13. The average Bonchev–Trinajstić information content (AvgIpc) is 2.46. The smallest absolute Gasteiger partial charge is 0.126 e. The summed E-state index contributed by atoms with van der Waals surface area (Å²) in [5.74, 6) is -0.144. The van der Waals surface area contributed by atoms with E-state index in [1.165, 1.54) is 16.7 Å². The quantitative estimate of drug-likeness (QED) is 0.829. The summed E-state index contributed by atoms with van der Waals surface area (Å²) in [6.07, 6.45) is 1.07. The van der Waals surface area contributed by atoms with E-state index in [9.17, 15) is 4.39 Å². The van der Waals surface area contributed by atoms with Crippen LogP contribution >= 0.6 is 0 Å². The van der Waals surface area contributed by atoms with Crippen molar-refractivity contribution in [3.63, 3.8) is 0 Å². The van der Waals surface area contributed by atoms with Crippen LogP contribution in [0.5, 0.6) is 0 Å². The number of aryl methyl sites for hydroxylation is 3. The Labute approximate surface area is 127 Å². The number of hydrogen-bond acceptors (Lipinski definition) is 1. The molecule has 0 fully saturated rings. The maximum atomic E-state index is 13.5. The monoisotopic (exact) mass is 285 g/mol. The maximum absolute atomic E-state index is 13.5. The summed E-state index contributed by atoms with van der Waals surface area (Å²) in [6, 6.07) is 12.0. The van der Waals surface area contributed by atoms with Gasteiger partial charge in [0, 0.05) is 0 Å². The van der Waals surface area contributed by atoms with Gasteiger partial charge in [0.25, 0.3) is 0 Å². The molecule has 0 radical (unpaired) electrons. The fraction of sp³-hybridized carbons (Fsp3) is 0.368. The van der Waals surface area contributed by atoms with Crippen LogP contribution in [0.2, 0.25) is 0 Å². The second-order valence-electron chi connectivity index (χ2n) is 5.76. The molecule has 2 aromatic carbocycles. The Morgan fingerprint density at radius 2 is 1.76 bits per heavy atom. The fourth-order valence-electron chi connectivity index (χ4n) is 2.61. The highest BCUT2D eigenvalue weighted by Crippen LogP contribution is 2.27. The van der Waals surface area contributed by atoms with E-state index < -0.39 is 0 Å². The zero-order chi connectivity index (χ0) is 15.4. The molecule has 2 aromatic rings. The third kappa shape index (κ3) is 3.70. The van der Waals surface area contributed by atoms with Crippen molar-refractivity contribution >= 4 is 0 Å². The minimum atomic E-state index is -0.144. The van der Waals surface area contributed by atoms with Gasteiger partial charge in [-0.2, -0.15) is 0 Å². The van der Waals surface area contributed by atoms with Gasteiger partial charge in [0.1, 0.15) is 5.82 Å². The highest BCUT2D eigenvalue weighted by atomic mass is 19.1. The Morgan fingerprint density at radius 3 is 2.43 bits per heavy atom. The lowest BCUT2D eigenvalue weighted by Gasteiger charge is -2.22. The second-order valence-corrected chi connectivity index (χ2v) is 5.76. The zero-order valence-electron chi connectivity index (χ0n) is 13.3. The molecule has 112 valence electrons. The first kappa shape index (κ1) is 15.7. The summed E-state index contributed by atoms with van der Waals surface area (Å²) in [5.41, 5.74) is 5.60. The van der Waals surface area contributed by atoms with E-state index in [4.69, 9.17) is 0 Å². The van der Waals surface area contributed by atoms with Gasteiger partial charge in [-0.1, -0.05) is 42.8 Å². The molecule has 1 nitrogen and oxygen atoms in total. The summed E-state index contributed by atoms with van der Waals surface area (Å²) in [5, 5.41) is 3.59. The Hall–Kier alpha value is -1.67. The molecule has 0 saturated heterocycles. The maximum Gasteiger partial charge on any atom is 0.126 e. The highest BCUT2D eigenvalue weighted by Gasteiger charge is 2.16. The molecule has 0 spiro atoms. The lowest BCUT2D eigenvalue weighted by molar-refractivity contribution is 0.588. The van der Waals surface area contributed by atoms with Crippen molar-refractivity contribution in [1.82, 2.24) is 5.32 Å². The van der Waals surface area contributed by atoms with Crippen LogP contribution in [0.15, 0.2) is 36.4 Å². The zero-order valence-corrected chi connectivity index (χ0v) is 13.3. The summed E-state index contributed by atoms with van der Waals surface area (Å²) in [4.78, 5) is 0. The Morgan fingerprint density at radius 1 is 1.00 bits per heavy atom. The van der Waals surface area contributed by atoms with Crippen molar-refractivity contribution in [2.24, 2.45) is 0 Å². The van der Waals surface area contributed by atoms with Crippen molar-refractivity contribution in [1.29, 1.82) is 0 Å². The molecule has 0 bridgehead atoms. The molecular formula is C19H24FN. The first-order valence-electron chi connectivity index (χ1n) is 7.59. The van der Waals surface area contributed by atoms with E-state index in [1.54, 1.807) is 6.07 Å². The van der Waals surface area contributed by atoms with Crippen molar-refractivity contribution in [3.8, 4) is 0 Å². The molecule has 1 N–H and O–H groups in total. The van der Waals surface area contributed by atoms with E-state index in [1.807, 2.05) is 19.1 Å². The average molecular weight is 285 g/mol. The number of benzene rings is 2. The first-order chi connectivity index (χ1) is 10.0. The van der Waals surface area contributed by atoms with Gasteiger partial charge in [-0.15, -0.1) is 0 Å². The van der Waals surface area contributed by atoms with E-state index in [0.717, 1.165) is 18.5 Å². The molecule has 2 rings (SSSR count). The molecule has 1 unspecified atom stereocenters. The van der Waals surface area contributed by atoms with Crippen LogP contribution < -0.4 is 5.32 Å². The third-order valence-electron chi connectivity index (χ3n) is 3.86. The van der Waals surface area contributed by atoms with E-state index in [-0.39, 0.29) is 11.9 Å². The van der Waals surface area contributed by atoms with Gasteiger partial charge in [0.15, 0.2) is 0 Å². The van der Waals surface area contributed by atoms with E-state index in [2.05, 4.69) is 44.3 Å². The summed E-state index contributed by atoms with van der Waals surface area (Å²) in [7, 11) is 0. The second kappa shape index (κ2) is 6.86. The predicted molar refractivity (Wildman–Crippen MR) is 87.2 cm³/mol. The summed E-state index contributed by atoms with van der Waals surface area (Å²) < 4.78 is 13.5. The molecule has 0 aliphatic heterocycles. The molecule has 21 heavy (non-hydrogen) atoms. The van der Waals surface area contributed by atoms with E-state index in [0.29, 0.717) is 5.56 Å². The van der Waals surface area contributed by atoms with Crippen molar-refractivity contribution in [2.45, 2.75) is 40.2 Å². The third-order valence-corrected chi connectivity index (χ3v) is 3.86. The van der Waals surface area contributed by atoms with Gasteiger partial charge in [-0.25, -0.2) is 4.39 Å². The van der Waals surface area contributed by atoms with Crippen molar-refractivity contribution in [2.75, 3.05) is 6.54 Å². The van der Waals surface area contributed by atoms with Gasteiger partial charge in [0.05, 0.1) is 6.04 Å². The minimum Gasteiger partial charge on any atom is -0.306 e. The summed E-state index contributed by atoms with van der Waals surface area (Å²) in [6.45, 7) is 9.15. The van der Waals surface area contributed by atoms with Crippen LogP contribution in [0, 0.1) is 26.6 Å². The van der Waals surface area contributed by atoms with Crippen LogP contribution in [-0.2, 0) is 0 Å². The van der Waals surface area contributed by atoms with E-state index >= 15 is 0 Å². The van der Waals surface area contributed by atoms with Gasteiger partial charge in [-0.05, 0) is 62.1 Å². The largest absolute Gasteiger partial charge is 0.306 e. The topological polar surface area (TPSA) is 12.0 Å². The van der Waals surface area contributed by atoms with Crippen LogP contribution in [0.1, 0.15) is 47.2 Å². The van der Waals surface area contributed by atoms with Gasteiger partial charge < -0.3 is 5.32 Å². The molecule has 1 atom stereocenters. The predicted octanol–water partition coefficient (Wildman–Crippen LogP) is 4.84. The van der Waals surface area contributed by atoms with Crippen molar-refractivity contribution in [3.05, 3.63) is 70.0 Å². The molecule has 2 heteroatoms. The van der Waals surface area contributed by atoms with Gasteiger partial charge in [-0.3, -0.25) is 0 Å². The molecule has 0 aliphatic rings.